The summed E-state index contributed by atoms with van der Waals surface area (Å²) in [5, 5.41) is 9.80. The molecule has 9 nitrogen and oxygen atoms in total. The molecule has 10 heteroatoms. The lowest BCUT2D eigenvalue weighted by molar-refractivity contribution is 0.101. The fourth-order valence-corrected chi connectivity index (χ4v) is 4.04. The van der Waals surface area contributed by atoms with Crippen molar-refractivity contribution in [3.8, 4) is 0 Å². The van der Waals surface area contributed by atoms with Crippen LogP contribution >= 0.6 is 11.3 Å². The second-order valence-corrected chi connectivity index (χ2v) is 7.62. The van der Waals surface area contributed by atoms with Crippen LogP contribution in [0.1, 0.15) is 28.5 Å². The molecule has 28 heavy (non-hydrogen) atoms. The summed E-state index contributed by atoms with van der Waals surface area (Å²) in [5.74, 6) is 0.0730. The lowest BCUT2D eigenvalue weighted by atomic mass is 10.1. The molecule has 1 aliphatic heterocycles. The van der Waals surface area contributed by atoms with Crippen molar-refractivity contribution in [1.82, 2.24) is 30.2 Å². The van der Waals surface area contributed by atoms with E-state index in [0.29, 0.717) is 27.7 Å². The normalized spacial score (nSPS) is 15.1. The van der Waals surface area contributed by atoms with Crippen LogP contribution in [0.4, 0.5) is 11.1 Å². The van der Waals surface area contributed by atoms with Crippen molar-refractivity contribution in [2.75, 3.05) is 31.5 Å². The number of H-pyrrole nitrogens is 1. The molecule has 3 aromatic heterocycles. The van der Waals surface area contributed by atoms with Crippen LogP contribution in [-0.4, -0.2) is 56.8 Å². The lowest BCUT2D eigenvalue weighted by Crippen LogP contribution is -2.42. The number of piperazine rings is 1. The molecule has 146 valence electrons. The Hall–Kier alpha value is -2.69. The first-order valence-corrected chi connectivity index (χ1v) is 9.94. The van der Waals surface area contributed by atoms with Crippen molar-refractivity contribution in [2.24, 2.45) is 0 Å². The number of aromatic nitrogens is 4. The SMILES string of the molecule is CC(=O)c1c(C)c2cnc(Nc3nc(CN4CCNCC4)cs3)nc2[nH]c1=O. The number of aromatic amines is 1. The van der Waals surface area contributed by atoms with E-state index in [4.69, 9.17) is 0 Å². The summed E-state index contributed by atoms with van der Waals surface area (Å²) >= 11 is 1.49. The number of hydrogen-bond acceptors (Lipinski definition) is 9. The number of carbonyl (C=O) groups is 1. The Morgan fingerprint density at radius 3 is 2.86 bits per heavy atom. The van der Waals surface area contributed by atoms with E-state index >= 15 is 0 Å². The fraction of sp³-hybridized carbons (Fsp3) is 0.389. The zero-order chi connectivity index (χ0) is 19.7. The smallest absolute Gasteiger partial charge is 0.260 e. The lowest BCUT2D eigenvalue weighted by Gasteiger charge is -2.26. The van der Waals surface area contributed by atoms with Crippen molar-refractivity contribution in [3.63, 3.8) is 0 Å². The third kappa shape index (κ3) is 3.79. The summed E-state index contributed by atoms with van der Waals surface area (Å²) in [5.41, 5.74) is 1.70. The number of Topliss-reactive ketones (excluding diaryl/α,β-unsaturated/α-hetero) is 1. The molecule has 0 bridgehead atoms. The molecule has 0 radical (unpaired) electrons. The molecule has 0 aliphatic carbocycles. The molecule has 3 N–H and O–H groups in total. The average molecular weight is 399 g/mol. The highest BCUT2D eigenvalue weighted by molar-refractivity contribution is 7.13. The summed E-state index contributed by atoms with van der Waals surface area (Å²) in [6, 6.07) is 0. The first-order chi connectivity index (χ1) is 13.5. The highest BCUT2D eigenvalue weighted by Crippen LogP contribution is 2.22. The van der Waals surface area contributed by atoms with Crippen LogP contribution in [0.3, 0.4) is 0 Å². The van der Waals surface area contributed by atoms with Crippen molar-refractivity contribution in [2.45, 2.75) is 20.4 Å². The minimum absolute atomic E-state index is 0.147. The number of hydrogen-bond donors (Lipinski definition) is 3. The zero-order valence-corrected chi connectivity index (χ0v) is 16.5. The van der Waals surface area contributed by atoms with Gasteiger partial charge in [-0.15, -0.1) is 11.3 Å². The standard InChI is InChI=1S/C18H21N7O2S/c1-10-13-7-20-17(23-15(13)22-16(27)14(10)11(2)26)24-18-21-12(9-28-18)8-25-5-3-19-4-6-25/h7,9,19H,3-6,8H2,1-2H3,(H2,20,21,22,23,24,27). The number of anilines is 2. The molecule has 4 rings (SSSR count). The number of nitrogens with one attached hydrogen (secondary N) is 3. The third-order valence-corrected chi connectivity index (χ3v) is 5.55. The quantitative estimate of drug-likeness (QED) is 0.552. The van der Waals surface area contributed by atoms with Crippen molar-refractivity contribution in [3.05, 3.63) is 38.8 Å². The van der Waals surface area contributed by atoms with Gasteiger partial charge in [0.1, 0.15) is 5.65 Å². The highest BCUT2D eigenvalue weighted by atomic mass is 32.1. The third-order valence-electron chi connectivity index (χ3n) is 4.74. The van der Waals surface area contributed by atoms with E-state index in [1.165, 1.54) is 18.3 Å². The Balaban J connectivity index is 1.54. The van der Waals surface area contributed by atoms with Gasteiger partial charge in [0.05, 0.1) is 11.3 Å². The number of thiazole rings is 1. The van der Waals surface area contributed by atoms with Gasteiger partial charge in [-0.3, -0.25) is 19.8 Å². The van der Waals surface area contributed by atoms with Gasteiger partial charge in [0.15, 0.2) is 10.9 Å². The van der Waals surface area contributed by atoms with E-state index in [1.807, 2.05) is 5.38 Å². The van der Waals surface area contributed by atoms with Gasteiger partial charge in [0, 0.05) is 49.7 Å². The maximum atomic E-state index is 12.2. The van der Waals surface area contributed by atoms with Gasteiger partial charge in [0.25, 0.3) is 5.56 Å². The molecule has 0 atom stereocenters. The summed E-state index contributed by atoms with van der Waals surface area (Å²) in [6.07, 6.45) is 1.61. The molecule has 0 spiro atoms. The molecule has 3 aromatic rings. The van der Waals surface area contributed by atoms with E-state index in [9.17, 15) is 9.59 Å². The molecule has 4 heterocycles. The molecule has 0 amide bonds. The van der Waals surface area contributed by atoms with Crippen LogP contribution in [0.25, 0.3) is 11.0 Å². The van der Waals surface area contributed by atoms with Crippen molar-refractivity contribution >= 4 is 39.2 Å². The van der Waals surface area contributed by atoms with Crippen LogP contribution < -0.4 is 16.2 Å². The van der Waals surface area contributed by atoms with Gasteiger partial charge in [-0.05, 0) is 19.4 Å². The van der Waals surface area contributed by atoms with Crippen LogP contribution in [0.15, 0.2) is 16.4 Å². The first-order valence-electron chi connectivity index (χ1n) is 9.06. The molecule has 0 unspecified atom stereocenters. The Morgan fingerprint density at radius 2 is 2.11 bits per heavy atom. The van der Waals surface area contributed by atoms with E-state index in [1.54, 1.807) is 13.1 Å². The molecule has 1 saturated heterocycles. The van der Waals surface area contributed by atoms with Gasteiger partial charge in [-0.1, -0.05) is 0 Å². The summed E-state index contributed by atoms with van der Waals surface area (Å²) in [4.78, 5) is 42.2. The Kier molecular flexibility index (Phi) is 5.16. The molecular weight excluding hydrogens is 378 g/mol. The molecule has 1 fully saturated rings. The van der Waals surface area contributed by atoms with Gasteiger partial charge in [-0.2, -0.15) is 4.98 Å². The number of aryl methyl sites for hydroxylation is 1. The zero-order valence-electron chi connectivity index (χ0n) is 15.7. The fourth-order valence-electron chi connectivity index (χ4n) is 3.34. The molecule has 0 saturated carbocycles. The number of carbonyl (C=O) groups excluding carboxylic acids is 1. The number of ketones is 1. The number of rotatable bonds is 5. The maximum absolute atomic E-state index is 12.2. The topological polar surface area (TPSA) is 116 Å². The van der Waals surface area contributed by atoms with E-state index in [-0.39, 0.29) is 11.3 Å². The first kappa shape index (κ1) is 18.7. The van der Waals surface area contributed by atoms with Crippen molar-refractivity contribution < 1.29 is 4.79 Å². The summed E-state index contributed by atoms with van der Waals surface area (Å²) in [6.45, 7) is 7.96. The Bertz CT molecular complexity index is 1090. The van der Waals surface area contributed by atoms with Crippen molar-refractivity contribution in [1.29, 1.82) is 0 Å². The minimum atomic E-state index is -0.435. The van der Waals surface area contributed by atoms with Gasteiger partial charge in [0.2, 0.25) is 5.95 Å². The van der Waals surface area contributed by atoms with Crippen LogP contribution in [-0.2, 0) is 6.54 Å². The molecule has 1 aliphatic rings. The van der Waals surface area contributed by atoms with Crippen LogP contribution in [0.5, 0.6) is 0 Å². The van der Waals surface area contributed by atoms with Gasteiger partial charge in [-0.25, -0.2) is 9.97 Å². The predicted octanol–water partition coefficient (Wildman–Crippen LogP) is 1.43. The second-order valence-electron chi connectivity index (χ2n) is 6.76. The average Bonchev–Trinajstić information content (AvgIpc) is 3.08. The number of pyridine rings is 1. The monoisotopic (exact) mass is 399 g/mol. The molecule has 0 aromatic carbocycles. The van der Waals surface area contributed by atoms with E-state index in [0.717, 1.165) is 38.4 Å². The second kappa shape index (κ2) is 7.74. The van der Waals surface area contributed by atoms with Gasteiger partial charge < -0.3 is 10.3 Å². The summed E-state index contributed by atoms with van der Waals surface area (Å²) in [7, 11) is 0. The summed E-state index contributed by atoms with van der Waals surface area (Å²) < 4.78 is 0. The van der Waals surface area contributed by atoms with Crippen LogP contribution in [0.2, 0.25) is 0 Å². The number of nitrogens with zero attached hydrogens (tertiary/aromatic N) is 4. The minimum Gasteiger partial charge on any atom is -0.314 e. The van der Waals surface area contributed by atoms with E-state index < -0.39 is 5.56 Å². The van der Waals surface area contributed by atoms with E-state index in [2.05, 4.69) is 35.5 Å². The maximum Gasteiger partial charge on any atom is 0.260 e. The van der Waals surface area contributed by atoms with Crippen LogP contribution in [0, 0.1) is 6.92 Å². The molecular formula is C18H21N7O2S. The highest BCUT2D eigenvalue weighted by Gasteiger charge is 2.15. The Labute approximate surface area is 165 Å². The Morgan fingerprint density at radius 1 is 1.32 bits per heavy atom. The largest absolute Gasteiger partial charge is 0.314 e. The number of fused-ring (bicyclic) bond motifs is 1. The predicted molar refractivity (Wildman–Crippen MR) is 108 cm³/mol. The van der Waals surface area contributed by atoms with Gasteiger partial charge >= 0.3 is 0 Å².